The Morgan fingerprint density at radius 2 is 1.89 bits per heavy atom. The molecule has 1 aromatic heterocycles. The summed E-state index contributed by atoms with van der Waals surface area (Å²) < 4.78 is 17.0. The highest BCUT2D eigenvalue weighted by molar-refractivity contribution is 6.07. The van der Waals surface area contributed by atoms with E-state index >= 15 is 0 Å². The van der Waals surface area contributed by atoms with Gasteiger partial charge in [-0.1, -0.05) is 25.5 Å². The van der Waals surface area contributed by atoms with E-state index in [2.05, 4.69) is 0 Å². The number of ether oxygens (including phenoxy) is 2. The maximum atomic E-state index is 13.0. The molecule has 1 aliphatic heterocycles. The minimum atomic E-state index is -0.391. The van der Waals surface area contributed by atoms with Crippen LogP contribution in [0.2, 0.25) is 0 Å². The summed E-state index contributed by atoms with van der Waals surface area (Å²) in [7, 11) is 1.61. The molecule has 0 saturated heterocycles. The predicted octanol–water partition coefficient (Wildman–Crippen LogP) is 4.77. The van der Waals surface area contributed by atoms with Gasteiger partial charge in [-0.2, -0.15) is 0 Å². The molecule has 4 rings (SSSR count). The third-order valence-electron chi connectivity index (χ3n) is 5.18. The van der Waals surface area contributed by atoms with E-state index in [1.807, 2.05) is 38.1 Å². The normalized spacial score (nSPS) is 16.0. The molecule has 0 spiro atoms. The van der Waals surface area contributed by atoms with Crippen LogP contribution in [0.5, 0.6) is 11.5 Å². The highest BCUT2D eigenvalue weighted by Gasteiger charge is 2.32. The number of Topliss-reactive ketones (excluding diaryl/α,β-unsaturated/α-hetero) is 1. The van der Waals surface area contributed by atoms with Crippen molar-refractivity contribution in [3.05, 3.63) is 69.1 Å². The molecule has 2 heterocycles. The van der Waals surface area contributed by atoms with Crippen molar-refractivity contribution in [2.45, 2.75) is 39.2 Å². The van der Waals surface area contributed by atoms with Crippen molar-refractivity contribution in [3.8, 4) is 11.5 Å². The van der Waals surface area contributed by atoms with Crippen LogP contribution in [-0.2, 0) is 6.42 Å². The molecule has 0 bridgehead atoms. The van der Waals surface area contributed by atoms with Crippen LogP contribution in [0.1, 0.15) is 52.9 Å². The summed E-state index contributed by atoms with van der Waals surface area (Å²) in [6.45, 7) is 3.90. The monoisotopic (exact) mass is 378 g/mol. The molecule has 2 aromatic carbocycles. The number of fused-ring (bicyclic) bond motifs is 3. The lowest BCUT2D eigenvalue weighted by molar-refractivity contribution is 0.0852. The molecular formula is C23H22O5. The fraction of sp³-hybridized carbons (Fsp3) is 0.304. The molecule has 0 N–H and O–H groups in total. The first-order valence-corrected chi connectivity index (χ1v) is 9.46. The van der Waals surface area contributed by atoms with Gasteiger partial charge in [0.15, 0.2) is 5.78 Å². The van der Waals surface area contributed by atoms with Crippen LogP contribution >= 0.6 is 0 Å². The standard InChI is InChI=1S/C23H22O5/c1-4-5-15-11-20(25)27-19-10-13(2)21-17(24)12-18(28-23(21)22(15)19)14-6-8-16(26-3)9-7-14/h6-11,18H,4-5,12H2,1-3H3. The fourth-order valence-corrected chi connectivity index (χ4v) is 3.88. The van der Waals surface area contributed by atoms with Crippen molar-refractivity contribution in [2.24, 2.45) is 0 Å². The quantitative estimate of drug-likeness (QED) is 0.612. The van der Waals surface area contributed by atoms with Gasteiger partial charge in [0.05, 0.1) is 24.5 Å². The Bertz CT molecular complexity index is 1110. The van der Waals surface area contributed by atoms with Gasteiger partial charge in [-0.25, -0.2) is 4.79 Å². The first kappa shape index (κ1) is 18.3. The van der Waals surface area contributed by atoms with E-state index in [1.54, 1.807) is 13.2 Å². The molecule has 0 radical (unpaired) electrons. The third-order valence-corrected chi connectivity index (χ3v) is 5.18. The number of benzene rings is 2. The molecule has 0 aliphatic carbocycles. The molecule has 0 amide bonds. The molecular weight excluding hydrogens is 356 g/mol. The smallest absolute Gasteiger partial charge is 0.336 e. The van der Waals surface area contributed by atoms with Crippen LogP contribution in [-0.4, -0.2) is 12.9 Å². The Kier molecular flexibility index (Phi) is 4.67. The van der Waals surface area contributed by atoms with Gasteiger partial charge in [-0.3, -0.25) is 4.79 Å². The van der Waals surface area contributed by atoms with Gasteiger partial charge in [0, 0.05) is 6.07 Å². The zero-order valence-corrected chi connectivity index (χ0v) is 16.2. The zero-order chi connectivity index (χ0) is 19.8. The average molecular weight is 378 g/mol. The van der Waals surface area contributed by atoms with E-state index in [4.69, 9.17) is 13.9 Å². The number of ketones is 1. The summed E-state index contributed by atoms with van der Waals surface area (Å²) in [5.41, 5.74) is 3.19. The van der Waals surface area contributed by atoms with Crippen LogP contribution in [0.3, 0.4) is 0 Å². The Hall–Kier alpha value is -3.08. The maximum absolute atomic E-state index is 13.0. The molecule has 1 aliphatic rings. The SMILES string of the molecule is CCCc1cc(=O)oc2cc(C)c3c(c12)OC(c1ccc(OC)cc1)CC3=O. The molecule has 3 aromatic rings. The van der Waals surface area contributed by atoms with Gasteiger partial charge in [0.2, 0.25) is 0 Å². The Labute approximate surface area is 162 Å². The minimum Gasteiger partial charge on any atom is -0.497 e. The van der Waals surface area contributed by atoms with E-state index in [0.29, 0.717) is 23.3 Å². The number of methoxy groups -OCH3 is 1. The number of aryl methyl sites for hydroxylation is 2. The lowest BCUT2D eigenvalue weighted by Crippen LogP contribution is -2.22. The van der Waals surface area contributed by atoms with Crippen molar-refractivity contribution in [3.63, 3.8) is 0 Å². The molecule has 0 saturated carbocycles. The molecule has 1 unspecified atom stereocenters. The van der Waals surface area contributed by atoms with Crippen LogP contribution < -0.4 is 15.1 Å². The number of rotatable bonds is 4. The molecule has 5 heteroatoms. The highest BCUT2D eigenvalue weighted by atomic mass is 16.5. The van der Waals surface area contributed by atoms with Crippen molar-refractivity contribution in [1.82, 2.24) is 0 Å². The lowest BCUT2D eigenvalue weighted by Gasteiger charge is -2.28. The number of carbonyl (C=O) groups excluding carboxylic acids is 1. The second-order valence-corrected chi connectivity index (χ2v) is 7.12. The van der Waals surface area contributed by atoms with Crippen LogP contribution in [0, 0.1) is 6.92 Å². The minimum absolute atomic E-state index is 0.0371. The topological polar surface area (TPSA) is 65.7 Å². The number of hydrogen-bond acceptors (Lipinski definition) is 5. The maximum Gasteiger partial charge on any atom is 0.336 e. The summed E-state index contributed by atoms with van der Waals surface area (Å²) in [5.74, 6) is 1.31. The van der Waals surface area contributed by atoms with Crippen LogP contribution in [0.4, 0.5) is 0 Å². The van der Waals surface area contributed by atoms with Gasteiger partial charge in [0.1, 0.15) is 23.2 Å². The summed E-state index contributed by atoms with van der Waals surface area (Å²) in [5, 5.41) is 0.730. The highest BCUT2D eigenvalue weighted by Crippen LogP contribution is 2.43. The molecule has 144 valence electrons. The zero-order valence-electron chi connectivity index (χ0n) is 16.2. The van der Waals surface area contributed by atoms with Crippen LogP contribution in [0.15, 0.2) is 45.6 Å². The van der Waals surface area contributed by atoms with E-state index in [0.717, 1.165) is 34.2 Å². The Balaban J connectivity index is 1.89. The fourth-order valence-electron chi connectivity index (χ4n) is 3.88. The first-order valence-electron chi connectivity index (χ1n) is 9.46. The molecule has 0 fully saturated rings. The van der Waals surface area contributed by atoms with E-state index in [-0.39, 0.29) is 17.8 Å². The second-order valence-electron chi connectivity index (χ2n) is 7.12. The average Bonchev–Trinajstić information content (AvgIpc) is 2.67. The van der Waals surface area contributed by atoms with E-state index in [9.17, 15) is 9.59 Å². The summed E-state index contributed by atoms with van der Waals surface area (Å²) >= 11 is 0. The Morgan fingerprint density at radius 1 is 1.14 bits per heavy atom. The third kappa shape index (κ3) is 3.07. The van der Waals surface area contributed by atoms with Crippen molar-refractivity contribution in [1.29, 1.82) is 0 Å². The Morgan fingerprint density at radius 3 is 2.57 bits per heavy atom. The summed E-state index contributed by atoms with van der Waals surface area (Å²) in [4.78, 5) is 25.0. The molecule has 5 nitrogen and oxygen atoms in total. The number of carbonyl (C=O) groups is 1. The number of hydrogen-bond donors (Lipinski definition) is 0. The van der Waals surface area contributed by atoms with Gasteiger partial charge in [-0.05, 0) is 48.2 Å². The molecule has 28 heavy (non-hydrogen) atoms. The second kappa shape index (κ2) is 7.15. The van der Waals surface area contributed by atoms with E-state index in [1.165, 1.54) is 6.07 Å². The largest absolute Gasteiger partial charge is 0.497 e. The lowest BCUT2D eigenvalue weighted by atomic mass is 9.90. The van der Waals surface area contributed by atoms with Crippen molar-refractivity contribution >= 4 is 16.8 Å². The van der Waals surface area contributed by atoms with Gasteiger partial charge < -0.3 is 13.9 Å². The summed E-state index contributed by atoms with van der Waals surface area (Å²) in [6.07, 6.45) is 1.46. The van der Waals surface area contributed by atoms with E-state index < -0.39 is 6.10 Å². The summed E-state index contributed by atoms with van der Waals surface area (Å²) in [6, 6.07) is 10.8. The van der Waals surface area contributed by atoms with Gasteiger partial charge >= 0.3 is 5.63 Å². The predicted molar refractivity (Wildman–Crippen MR) is 107 cm³/mol. The van der Waals surface area contributed by atoms with Crippen molar-refractivity contribution < 1.29 is 18.7 Å². The molecule has 1 atom stereocenters. The van der Waals surface area contributed by atoms with Gasteiger partial charge in [-0.15, -0.1) is 0 Å². The first-order chi connectivity index (χ1) is 13.5. The van der Waals surface area contributed by atoms with Crippen molar-refractivity contribution in [2.75, 3.05) is 7.11 Å². The van der Waals surface area contributed by atoms with Crippen LogP contribution in [0.25, 0.3) is 11.0 Å². The van der Waals surface area contributed by atoms with Gasteiger partial charge in [0.25, 0.3) is 0 Å².